The first-order chi connectivity index (χ1) is 10.6. The van der Waals surface area contributed by atoms with Gasteiger partial charge in [0.25, 0.3) is 0 Å². The van der Waals surface area contributed by atoms with Crippen molar-refractivity contribution in [3.05, 3.63) is 41.4 Å². The summed E-state index contributed by atoms with van der Waals surface area (Å²) in [6.07, 6.45) is 0. The summed E-state index contributed by atoms with van der Waals surface area (Å²) in [5, 5.41) is 1.14. The maximum Gasteiger partial charge on any atom is 0.308 e. The molecule has 2 aromatic carbocycles. The second kappa shape index (κ2) is 5.94. The average molecular weight is 334 g/mol. The molecular formula is C16H12ClNO3S. The van der Waals surface area contributed by atoms with E-state index in [1.807, 2.05) is 24.3 Å². The molecule has 1 heterocycles. The number of esters is 1. The van der Waals surface area contributed by atoms with Crippen LogP contribution >= 0.6 is 22.9 Å². The Morgan fingerprint density at radius 2 is 2.05 bits per heavy atom. The standard InChI is InChI=1S/C16H12ClNO3S/c1-9(19)21-15-11(17)7-10(8-13(15)20-2)16-18-12-5-3-4-6-14(12)22-16/h3-8H,1-2H3. The van der Waals surface area contributed by atoms with Gasteiger partial charge in [0.05, 0.1) is 22.3 Å². The van der Waals surface area contributed by atoms with Gasteiger partial charge in [-0.15, -0.1) is 11.3 Å². The Morgan fingerprint density at radius 3 is 2.73 bits per heavy atom. The highest BCUT2D eigenvalue weighted by Crippen LogP contribution is 2.41. The number of ether oxygens (including phenoxy) is 2. The zero-order valence-corrected chi connectivity index (χ0v) is 13.5. The van der Waals surface area contributed by atoms with E-state index in [1.165, 1.54) is 14.0 Å². The number of aromatic nitrogens is 1. The number of rotatable bonds is 3. The summed E-state index contributed by atoms with van der Waals surface area (Å²) in [6.45, 7) is 1.32. The van der Waals surface area contributed by atoms with Crippen molar-refractivity contribution in [2.24, 2.45) is 0 Å². The topological polar surface area (TPSA) is 48.4 Å². The first kappa shape index (κ1) is 14.8. The smallest absolute Gasteiger partial charge is 0.308 e. The molecule has 0 saturated carbocycles. The number of nitrogens with zero attached hydrogens (tertiary/aromatic N) is 1. The first-order valence-corrected chi connectivity index (χ1v) is 7.70. The van der Waals surface area contributed by atoms with Crippen LogP contribution in [0, 0.1) is 0 Å². The molecule has 0 fully saturated rings. The summed E-state index contributed by atoms with van der Waals surface area (Å²) >= 11 is 7.79. The number of carbonyl (C=O) groups is 1. The molecule has 0 aliphatic rings. The van der Waals surface area contributed by atoms with Gasteiger partial charge in [0, 0.05) is 12.5 Å². The molecule has 0 amide bonds. The van der Waals surface area contributed by atoms with Crippen LogP contribution in [-0.2, 0) is 4.79 Å². The summed E-state index contributed by atoms with van der Waals surface area (Å²) in [7, 11) is 1.50. The minimum atomic E-state index is -0.451. The van der Waals surface area contributed by atoms with Crippen molar-refractivity contribution in [2.75, 3.05) is 7.11 Å². The minimum Gasteiger partial charge on any atom is -0.493 e. The van der Waals surface area contributed by atoms with Crippen LogP contribution in [0.25, 0.3) is 20.8 Å². The van der Waals surface area contributed by atoms with Gasteiger partial charge in [0.15, 0.2) is 11.5 Å². The third-order valence-electron chi connectivity index (χ3n) is 3.02. The van der Waals surface area contributed by atoms with Gasteiger partial charge >= 0.3 is 5.97 Å². The number of halogens is 1. The summed E-state index contributed by atoms with van der Waals surface area (Å²) in [6, 6.07) is 11.4. The van der Waals surface area contributed by atoms with Gasteiger partial charge in [-0.25, -0.2) is 4.98 Å². The van der Waals surface area contributed by atoms with Crippen molar-refractivity contribution in [1.29, 1.82) is 0 Å². The highest BCUT2D eigenvalue weighted by atomic mass is 35.5. The molecule has 0 atom stereocenters. The second-order valence-electron chi connectivity index (χ2n) is 4.57. The Hall–Kier alpha value is -2.11. The van der Waals surface area contributed by atoms with Gasteiger partial charge in [-0.05, 0) is 24.3 Å². The molecule has 0 saturated heterocycles. The number of thiazole rings is 1. The number of hydrogen-bond acceptors (Lipinski definition) is 5. The SMILES string of the molecule is COc1cc(-c2nc3ccccc3s2)cc(Cl)c1OC(C)=O. The fourth-order valence-electron chi connectivity index (χ4n) is 2.08. The van der Waals surface area contributed by atoms with Gasteiger partial charge in [-0.1, -0.05) is 23.7 Å². The van der Waals surface area contributed by atoms with E-state index in [-0.39, 0.29) is 5.75 Å². The van der Waals surface area contributed by atoms with Crippen LogP contribution in [-0.4, -0.2) is 18.1 Å². The molecule has 0 aliphatic heterocycles. The maximum absolute atomic E-state index is 11.2. The van der Waals surface area contributed by atoms with E-state index in [0.717, 1.165) is 20.8 Å². The molecule has 0 unspecified atom stereocenters. The number of carbonyl (C=O) groups excluding carboxylic acids is 1. The predicted molar refractivity (Wildman–Crippen MR) is 87.9 cm³/mol. The molecule has 112 valence electrons. The predicted octanol–water partition coefficient (Wildman–Crippen LogP) is 4.55. The molecule has 1 aromatic heterocycles. The Labute approximate surface area is 136 Å². The molecule has 0 aliphatic carbocycles. The molecule has 4 nitrogen and oxygen atoms in total. The van der Waals surface area contributed by atoms with Crippen LogP contribution in [0.3, 0.4) is 0 Å². The lowest BCUT2D eigenvalue weighted by Crippen LogP contribution is -2.03. The largest absolute Gasteiger partial charge is 0.493 e. The Bertz CT molecular complexity index is 827. The van der Waals surface area contributed by atoms with E-state index in [1.54, 1.807) is 23.5 Å². The average Bonchev–Trinajstić information content (AvgIpc) is 2.92. The second-order valence-corrected chi connectivity index (χ2v) is 6.01. The van der Waals surface area contributed by atoms with Gasteiger partial charge < -0.3 is 9.47 Å². The molecule has 0 bridgehead atoms. The van der Waals surface area contributed by atoms with E-state index in [4.69, 9.17) is 21.1 Å². The Morgan fingerprint density at radius 1 is 1.27 bits per heavy atom. The Kier molecular flexibility index (Phi) is 4.00. The number of para-hydroxylation sites is 1. The van der Waals surface area contributed by atoms with Crippen molar-refractivity contribution in [3.8, 4) is 22.1 Å². The minimum absolute atomic E-state index is 0.224. The van der Waals surface area contributed by atoms with Gasteiger partial charge in [0.2, 0.25) is 0 Å². The summed E-state index contributed by atoms with van der Waals surface area (Å²) in [4.78, 5) is 15.7. The molecule has 6 heteroatoms. The molecular weight excluding hydrogens is 322 g/mol. The fourth-order valence-corrected chi connectivity index (χ4v) is 3.28. The Balaban J connectivity index is 2.11. The van der Waals surface area contributed by atoms with E-state index < -0.39 is 5.97 Å². The first-order valence-electron chi connectivity index (χ1n) is 6.50. The zero-order valence-electron chi connectivity index (χ0n) is 11.9. The number of hydrogen-bond donors (Lipinski definition) is 0. The lowest BCUT2D eigenvalue weighted by molar-refractivity contribution is -0.132. The van der Waals surface area contributed by atoms with Crippen LogP contribution in [0.5, 0.6) is 11.5 Å². The van der Waals surface area contributed by atoms with Crippen LogP contribution in [0.2, 0.25) is 5.02 Å². The number of fused-ring (bicyclic) bond motifs is 1. The molecule has 0 N–H and O–H groups in total. The van der Waals surface area contributed by atoms with Crippen molar-refractivity contribution >= 4 is 39.1 Å². The normalized spacial score (nSPS) is 10.7. The third-order valence-corrected chi connectivity index (χ3v) is 4.38. The van der Waals surface area contributed by atoms with Crippen LogP contribution in [0.15, 0.2) is 36.4 Å². The molecule has 0 radical (unpaired) electrons. The zero-order chi connectivity index (χ0) is 15.7. The van der Waals surface area contributed by atoms with Crippen molar-refractivity contribution in [1.82, 2.24) is 4.98 Å². The molecule has 3 rings (SSSR count). The summed E-state index contributed by atoms with van der Waals surface area (Å²) in [5.74, 6) is 0.173. The summed E-state index contributed by atoms with van der Waals surface area (Å²) < 4.78 is 11.5. The van der Waals surface area contributed by atoms with Crippen LogP contribution < -0.4 is 9.47 Å². The molecule has 3 aromatic rings. The van der Waals surface area contributed by atoms with Crippen molar-refractivity contribution in [2.45, 2.75) is 6.92 Å². The number of benzene rings is 2. The quantitative estimate of drug-likeness (QED) is 0.521. The monoisotopic (exact) mass is 333 g/mol. The molecule has 0 spiro atoms. The van der Waals surface area contributed by atoms with E-state index in [0.29, 0.717) is 10.8 Å². The van der Waals surface area contributed by atoms with Gasteiger partial charge in [0.1, 0.15) is 5.01 Å². The van der Waals surface area contributed by atoms with Crippen molar-refractivity contribution < 1.29 is 14.3 Å². The molecule has 22 heavy (non-hydrogen) atoms. The third kappa shape index (κ3) is 2.77. The van der Waals surface area contributed by atoms with E-state index in [2.05, 4.69) is 4.98 Å². The highest BCUT2D eigenvalue weighted by molar-refractivity contribution is 7.21. The highest BCUT2D eigenvalue weighted by Gasteiger charge is 2.16. The van der Waals surface area contributed by atoms with Crippen molar-refractivity contribution in [3.63, 3.8) is 0 Å². The maximum atomic E-state index is 11.2. The van der Waals surface area contributed by atoms with Gasteiger partial charge in [-0.2, -0.15) is 0 Å². The van der Waals surface area contributed by atoms with Gasteiger partial charge in [-0.3, -0.25) is 4.79 Å². The number of methoxy groups -OCH3 is 1. The fraction of sp³-hybridized carbons (Fsp3) is 0.125. The van der Waals surface area contributed by atoms with Crippen LogP contribution in [0.1, 0.15) is 6.92 Å². The van der Waals surface area contributed by atoms with E-state index >= 15 is 0 Å². The van der Waals surface area contributed by atoms with Crippen LogP contribution in [0.4, 0.5) is 0 Å². The summed E-state index contributed by atoms with van der Waals surface area (Å²) in [5.41, 5.74) is 1.75. The van der Waals surface area contributed by atoms with E-state index in [9.17, 15) is 4.79 Å². The lowest BCUT2D eigenvalue weighted by Gasteiger charge is -2.11. The lowest BCUT2D eigenvalue weighted by atomic mass is 10.2.